The molecule has 37 heavy (non-hydrogen) atoms. The maximum absolute atomic E-state index is 13.3. The number of hydrazine groups is 1. The summed E-state index contributed by atoms with van der Waals surface area (Å²) in [5.41, 5.74) is 3.85. The molecule has 1 N–H and O–H groups in total. The molecule has 1 heterocycles. The number of carbonyl (C=O) groups excluding carboxylic acids is 1. The van der Waals surface area contributed by atoms with Crippen molar-refractivity contribution >= 4 is 34.4 Å². The van der Waals surface area contributed by atoms with Gasteiger partial charge in [0, 0.05) is 30.7 Å². The molecule has 0 radical (unpaired) electrons. The van der Waals surface area contributed by atoms with Gasteiger partial charge in [-0.3, -0.25) is 9.80 Å². The Hall–Kier alpha value is -4.10. The Kier molecular flexibility index (Phi) is 8.59. The van der Waals surface area contributed by atoms with Crippen molar-refractivity contribution in [3.63, 3.8) is 0 Å². The zero-order chi connectivity index (χ0) is 26.2. The second-order valence-corrected chi connectivity index (χ2v) is 9.04. The van der Waals surface area contributed by atoms with Crippen LogP contribution in [0.15, 0.2) is 79.1 Å². The quantitative estimate of drug-likeness (QED) is 0.195. The summed E-state index contributed by atoms with van der Waals surface area (Å²) < 4.78 is 13.3. The van der Waals surface area contributed by atoms with Gasteiger partial charge < -0.3 is 5.32 Å². The van der Waals surface area contributed by atoms with Crippen LogP contribution < -0.4 is 10.3 Å². The van der Waals surface area contributed by atoms with E-state index in [4.69, 9.17) is 0 Å². The van der Waals surface area contributed by atoms with Crippen LogP contribution in [-0.4, -0.2) is 35.0 Å². The Balaban J connectivity index is 1.65. The second kappa shape index (κ2) is 12.2. The summed E-state index contributed by atoms with van der Waals surface area (Å²) >= 11 is 0. The maximum atomic E-state index is 13.3. The van der Waals surface area contributed by atoms with Crippen LogP contribution in [-0.2, 0) is 6.54 Å². The van der Waals surface area contributed by atoms with E-state index in [2.05, 4.69) is 46.5 Å². The molecule has 3 aromatic carbocycles. The normalized spacial score (nSPS) is 11.4. The zero-order valence-corrected chi connectivity index (χ0v) is 21.5. The minimum Gasteiger partial charge on any atom is -0.322 e. The van der Waals surface area contributed by atoms with Gasteiger partial charge in [-0.05, 0) is 60.0 Å². The first-order valence-corrected chi connectivity index (χ1v) is 12.5. The molecular formula is C30H32FN5O. The second-order valence-electron chi connectivity index (χ2n) is 9.04. The molecule has 0 saturated carbocycles. The van der Waals surface area contributed by atoms with Crippen LogP contribution in [0.5, 0.6) is 0 Å². The van der Waals surface area contributed by atoms with Gasteiger partial charge >= 0.3 is 0 Å². The fourth-order valence-electron chi connectivity index (χ4n) is 4.09. The fraction of sp³-hybridized carbons (Fsp3) is 0.233. The van der Waals surface area contributed by atoms with Crippen LogP contribution >= 0.6 is 0 Å². The van der Waals surface area contributed by atoms with Crippen molar-refractivity contribution in [1.29, 1.82) is 0 Å². The number of rotatable bonds is 10. The maximum Gasteiger partial charge on any atom is 0.256 e. The number of halogens is 1. The fourth-order valence-corrected chi connectivity index (χ4v) is 4.09. The molecule has 6 nitrogen and oxygen atoms in total. The summed E-state index contributed by atoms with van der Waals surface area (Å²) in [6.45, 7) is 2.61. The summed E-state index contributed by atoms with van der Waals surface area (Å²) in [5, 5.41) is 7.78. The number of amides is 1. The number of hydrogen-bond acceptors (Lipinski definition) is 5. The van der Waals surface area contributed by atoms with Gasteiger partial charge in [-0.2, -0.15) is 0 Å². The summed E-state index contributed by atoms with van der Waals surface area (Å²) in [4.78, 5) is 22.2. The number of anilines is 2. The van der Waals surface area contributed by atoms with Crippen molar-refractivity contribution in [2.24, 2.45) is 0 Å². The molecule has 0 saturated heterocycles. The number of carbonyl (C=O) groups is 1. The van der Waals surface area contributed by atoms with E-state index in [-0.39, 0.29) is 11.7 Å². The average Bonchev–Trinajstić information content (AvgIpc) is 2.91. The molecule has 0 aliphatic carbocycles. The highest BCUT2D eigenvalue weighted by molar-refractivity contribution is 6.05. The number of benzene rings is 3. The van der Waals surface area contributed by atoms with Crippen LogP contribution in [0, 0.1) is 5.82 Å². The lowest BCUT2D eigenvalue weighted by Crippen LogP contribution is -2.37. The molecule has 1 amide bonds. The first-order chi connectivity index (χ1) is 18.0. The zero-order valence-electron chi connectivity index (χ0n) is 21.5. The van der Waals surface area contributed by atoms with Gasteiger partial charge in [0.15, 0.2) is 5.82 Å². The van der Waals surface area contributed by atoms with Crippen LogP contribution in [0.4, 0.5) is 15.9 Å². The van der Waals surface area contributed by atoms with Gasteiger partial charge in [0.25, 0.3) is 5.91 Å². The molecule has 0 fully saturated rings. The van der Waals surface area contributed by atoms with Gasteiger partial charge in [-0.15, -0.1) is 0 Å². The Labute approximate surface area is 217 Å². The van der Waals surface area contributed by atoms with Gasteiger partial charge in [0.2, 0.25) is 0 Å². The summed E-state index contributed by atoms with van der Waals surface area (Å²) in [7, 11) is 3.90. The van der Waals surface area contributed by atoms with E-state index < -0.39 is 0 Å². The van der Waals surface area contributed by atoms with Gasteiger partial charge in [-0.25, -0.2) is 19.4 Å². The summed E-state index contributed by atoms with van der Waals surface area (Å²) in [6, 6.07) is 19.4. The van der Waals surface area contributed by atoms with Crippen LogP contribution in [0.25, 0.3) is 17.0 Å². The third kappa shape index (κ3) is 6.57. The lowest BCUT2D eigenvalue weighted by atomic mass is 10.1. The molecule has 4 aromatic rings. The number of hydrogen-bond donors (Lipinski definition) is 1. The number of nitrogens with zero attached hydrogens (tertiary/aromatic N) is 4. The molecule has 0 atom stereocenters. The lowest BCUT2D eigenvalue weighted by Gasteiger charge is -2.31. The first-order valence-electron chi connectivity index (χ1n) is 12.5. The molecule has 0 aliphatic rings. The molecule has 4 rings (SSSR count). The Morgan fingerprint density at radius 2 is 1.81 bits per heavy atom. The largest absolute Gasteiger partial charge is 0.322 e. The Morgan fingerprint density at radius 3 is 2.57 bits per heavy atom. The minimum absolute atomic E-state index is 0.257. The van der Waals surface area contributed by atoms with E-state index in [9.17, 15) is 9.18 Å². The third-order valence-electron chi connectivity index (χ3n) is 6.08. The van der Waals surface area contributed by atoms with Crippen LogP contribution in [0.2, 0.25) is 0 Å². The first kappa shape index (κ1) is 26.0. The van der Waals surface area contributed by atoms with E-state index in [1.165, 1.54) is 25.0 Å². The highest BCUT2D eigenvalue weighted by Gasteiger charge is 2.19. The van der Waals surface area contributed by atoms with Gasteiger partial charge in [0.1, 0.15) is 12.1 Å². The highest BCUT2D eigenvalue weighted by Crippen LogP contribution is 2.27. The Bertz CT molecular complexity index is 1380. The average molecular weight is 498 g/mol. The predicted octanol–water partition coefficient (Wildman–Crippen LogP) is 6.71. The summed E-state index contributed by atoms with van der Waals surface area (Å²) in [5.74, 6) is 0.150. The SMILES string of the molecule is CCCCC=Cc1ccc2ncnc(N(Cc3ccccc3C(=O)Nc3ccc(F)cc3)N(C)C)c2c1. The number of allylic oxidation sites excluding steroid dienone is 1. The topological polar surface area (TPSA) is 61.4 Å². The molecule has 0 bridgehead atoms. The van der Waals surface area contributed by atoms with Crippen molar-refractivity contribution in [3.05, 3.63) is 102 Å². The molecule has 0 spiro atoms. The van der Waals surface area contributed by atoms with E-state index in [1.807, 2.05) is 48.4 Å². The van der Waals surface area contributed by atoms with Gasteiger partial charge in [-0.1, -0.05) is 56.2 Å². The van der Waals surface area contributed by atoms with E-state index in [0.717, 1.165) is 34.3 Å². The predicted molar refractivity (Wildman–Crippen MR) is 149 cm³/mol. The smallest absolute Gasteiger partial charge is 0.256 e. The van der Waals surface area contributed by atoms with Crippen molar-refractivity contribution in [3.8, 4) is 0 Å². The number of fused-ring (bicyclic) bond motifs is 1. The van der Waals surface area contributed by atoms with Crippen LogP contribution in [0.1, 0.15) is 47.7 Å². The standard InChI is InChI=1S/C30H32FN5O/c1-4-5-6-7-10-22-13-18-28-27(19-22)29(33-21-32-28)36(35(2)3)20-23-11-8-9-12-26(23)30(37)34-25-16-14-24(31)15-17-25/h7-19,21H,4-6,20H2,1-3H3,(H,34,37). The van der Waals surface area contributed by atoms with Crippen LogP contribution in [0.3, 0.4) is 0 Å². The van der Waals surface area contributed by atoms with Crippen molar-refractivity contribution in [2.45, 2.75) is 32.7 Å². The van der Waals surface area contributed by atoms with Crippen molar-refractivity contribution < 1.29 is 9.18 Å². The highest BCUT2D eigenvalue weighted by atomic mass is 19.1. The third-order valence-corrected chi connectivity index (χ3v) is 6.08. The molecule has 190 valence electrons. The molecule has 0 unspecified atom stereocenters. The van der Waals surface area contributed by atoms with E-state index in [0.29, 0.717) is 17.8 Å². The Morgan fingerprint density at radius 1 is 1.03 bits per heavy atom. The minimum atomic E-state index is -0.350. The molecular weight excluding hydrogens is 465 g/mol. The molecule has 0 aliphatic heterocycles. The van der Waals surface area contributed by atoms with Crippen molar-refractivity contribution in [1.82, 2.24) is 15.0 Å². The molecule has 7 heteroatoms. The monoisotopic (exact) mass is 497 g/mol. The van der Waals surface area contributed by atoms with Gasteiger partial charge in [0.05, 0.1) is 12.1 Å². The lowest BCUT2D eigenvalue weighted by molar-refractivity contribution is 0.102. The summed E-state index contributed by atoms with van der Waals surface area (Å²) in [6.07, 6.45) is 9.29. The number of unbranched alkanes of at least 4 members (excludes halogenated alkanes) is 2. The van der Waals surface area contributed by atoms with E-state index in [1.54, 1.807) is 24.5 Å². The number of aromatic nitrogens is 2. The number of nitrogens with one attached hydrogen (secondary N) is 1. The molecule has 1 aromatic heterocycles. The van der Waals surface area contributed by atoms with Crippen molar-refractivity contribution in [2.75, 3.05) is 24.4 Å². The van der Waals surface area contributed by atoms with E-state index >= 15 is 0 Å².